The first kappa shape index (κ1) is 22.8. The highest BCUT2D eigenvalue weighted by molar-refractivity contribution is 9.10. The number of urea groups is 1. The summed E-state index contributed by atoms with van der Waals surface area (Å²) >= 11 is 3.57. The number of halogens is 1. The Morgan fingerprint density at radius 3 is 2.45 bits per heavy atom. The largest absolute Gasteiger partial charge is 0.493 e. The molecular weight excluding hydrogens is 458 g/mol. The van der Waals surface area contributed by atoms with E-state index in [1.807, 2.05) is 70.5 Å². The standard InChI is InChI=1S/C23H28BrN5O2/c1-16-6-8-17(9-7-16)26-23(30)27-18-10-11-21(31-13-5-12-28(2)3)19(14-18)22-20(24)15-25-29(22)4/h6-11,14-15H,5,12-13H2,1-4H3,(H2,26,27,30). The monoisotopic (exact) mass is 485 g/mol. The van der Waals surface area contributed by atoms with Gasteiger partial charge in [-0.2, -0.15) is 5.10 Å². The zero-order valence-corrected chi connectivity index (χ0v) is 19.9. The minimum Gasteiger partial charge on any atom is -0.493 e. The van der Waals surface area contributed by atoms with Crippen LogP contribution >= 0.6 is 15.9 Å². The second-order valence-corrected chi connectivity index (χ2v) is 8.48. The fourth-order valence-corrected chi connectivity index (χ4v) is 3.69. The van der Waals surface area contributed by atoms with Gasteiger partial charge < -0.3 is 20.3 Å². The molecule has 2 N–H and O–H groups in total. The molecule has 0 aliphatic rings. The number of nitrogens with zero attached hydrogens (tertiary/aromatic N) is 3. The summed E-state index contributed by atoms with van der Waals surface area (Å²) in [6, 6.07) is 13.0. The molecule has 0 saturated carbocycles. The second-order valence-electron chi connectivity index (χ2n) is 7.63. The van der Waals surface area contributed by atoms with E-state index in [1.54, 1.807) is 10.9 Å². The van der Waals surface area contributed by atoms with Crippen LogP contribution in [-0.2, 0) is 7.05 Å². The molecule has 3 aromatic rings. The molecule has 1 heterocycles. The number of aromatic nitrogens is 2. The van der Waals surface area contributed by atoms with Crippen molar-refractivity contribution in [1.29, 1.82) is 0 Å². The van der Waals surface area contributed by atoms with Gasteiger partial charge in [0.2, 0.25) is 0 Å². The minimum absolute atomic E-state index is 0.307. The summed E-state index contributed by atoms with van der Waals surface area (Å²) in [5, 5.41) is 10.1. The lowest BCUT2D eigenvalue weighted by molar-refractivity contribution is 0.262. The Morgan fingerprint density at radius 1 is 1.13 bits per heavy atom. The summed E-state index contributed by atoms with van der Waals surface area (Å²) in [5.41, 5.74) is 4.26. The molecule has 164 valence electrons. The van der Waals surface area contributed by atoms with E-state index < -0.39 is 0 Å². The third kappa shape index (κ3) is 6.32. The van der Waals surface area contributed by atoms with Crippen LogP contribution in [0.5, 0.6) is 5.75 Å². The molecular formula is C23H28BrN5O2. The van der Waals surface area contributed by atoms with E-state index in [2.05, 4.69) is 36.6 Å². The second kappa shape index (κ2) is 10.5. The number of ether oxygens (including phenoxy) is 1. The van der Waals surface area contributed by atoms with Crippen LogP contribution in [0.25, 0.3) is 11.3 Å². The van der Waals surface area contributed by atoms with E-state index in [-0.39, 0.29) is 6.03 Å². The zero-order chi connectivity index (χ0) is 22.4. The molecule has 7 nitrogen and oxygen atoms in total. The van der Waals surface area contributed by atoms with Gasteiger partial charge in [-0.25, -0.2) is 4.79 Å². The van der Waals surface area contributed by atoms with E-state index in [0.29, 0.717) is 12.3 Å². The lowest BCUT2D eigenvalue weighted by Crippen LogP contribution is -2.19. The van der Waals surface area contributed by atoms with Crippen molar-refractivity contribution in [2.75, 3.05) is 37.9 Å². The molecule has 0 aliphatic carbocycles. The summed E-state index contributed by atoms with van der Waals surface area (Å²) in [5.74, 6) is 0.743. The molecule has 1 aromatic heterocycles. The number of anilines is 2. The van der Waals surface area contributed by atoms with Crippen LogP contribution in [0.4, 0.5) is 16.2 Å². The van der Waals surface area contributed by atoms with Gasteiger partial charge in [0.1, 0.15) is 5.75 Å². The predicted octanol–water partition coefficient (Wildman–Crippen LogP) is 5.13. The molecule has 0 aliphatic heterocycles. The van der Waals surface area contributed by atoms with E-state index >= 15 is 0 Å². The Labute approximate surface area is 191 Å². The van der Waals surface area contributed by atoms with Gasteiger partial charge in [-0.15, -0.1) is 0 Å². The van der Waals surface area contributed by atoms with Crippen LogP contribution in [0.15, 0.2) is 53.1 Å². The SMILES string of the molecule is Cc1ccc(NC(=O)Nc2ccc(OCCCN(C)C)c(-c3c(Br)cnn3C)c2)cc1. The highest BCUT2D eigenvalue weighted by Gasteiger charge is 2.16. The Balaban J connectivity index is 1.79. The van der Waals surface area contributed by atoms with Gasteiger partial charge in [0.25, 0.3) is 0 Å². The fourth-order valence-electron chi connectivity index (χ4n) is 3.13. The first-order chi connectivity index (χ1) is 14.8. The van der Waals surface area contributed by atoms with Crippen LogP contribution in [0.3, 0.4) is 0 Å². The number of rotatable bonds is 8. The van der Waals surface area contributed by atoms with Crippen molar-refractivity contribution in [2.45, 2.75) is 13.3 Å². The van der Waals surface area contributed by atoms with Gasteiger partial charge in [0.05, 0.1) is 23.0 Å². The maximum Gasteiger partial charge on any atom is 0.323 e. The van der Waals surface area contributed by atoms with E-state index in [4.69, 9.17) is 4.74 Å². The summed E-state index contributed by atoms with van der Waals surface area (Å²) in [7, 11) is 5.96. The van der Waals surface area contributed by atoms with Crippen molar-refractivity contribution < 1.29 is 9.53 Å². The highest BCUT2D eigenvalue weighted by atomic mass is 79.9. The number of hydrogen-bond donors (Lipinski definition) is 2. The van der Waals surface area contributed by atoms with Gasteiger partial charge in [0.15, 0.2) is 0 Å². The first-order valence-corrected chi connectivity index (χ1v) is 10.9. The van der Waals surface area contributed by atoms with Crippen LogP contribution in [-0.4, -0.2) is 48.0 Å². The molecule has 0 atom stereocenters. The summed E-state index contributed by atoms with van der Waals surface area (Å²) < 4.78 is 8.71. The normalized spacial score (nSPS) is 10.9. The molecule has 0 fully saturated rings. The van der Waals surface area contributed by atoms with Crippen LogP contribution in [0.2, 0.25) is 0 Å². The number of amides is 2. The van der Waals surface area contributed by atoms with Crippen molar-refractivity contribution in [3.63, 3.8) is 0 Å². The average molecular weight is 486 g/mol. The third-order valence-corrected chi connectivity index (χ3v) is 5.28. The van der Waals surface area contributed by atoms with Gasteiger partial charge in [-0.1, -0.05) is 17.7 Å². The summed E-state index contributed by atoms with van der Waals surface area (Å²) in [6.45, 7) is 3.55. The van der Waals surface area contributed by atoms with E-state index in [0.717, 1.165) is 45.7 Å². The molecule has 0 spiro atoms. The minimum atomic E-state index is -0.307. The van der Waals surface area contributed by atoms with Crippen molar-refractivity contribution in [3.05, 3.63) is 58.7 Å². The molecule has 8 heteroatoms. The van der Waals surface area contributed by atoms with Crippen LogP contribution in [0.1, 0.15) is 12.0 Å². The van der Waals surface area contributed by atoms with E-state index in [9.17, 15) is 4.79 Å². The summed E-state index contributed by atoms with van der Waals surface area (Å²) in [4.78, 5) is 14.6. The number of carbonyl (C=O) groups excluding carboxylic acids is 1. The first-order valence-electron chi connectivity index (χ1n) is 10.1. The molecule has 0 unspecified atom stereocenters. The van der Waals surface area contributed by atoms with Gasteiger partial charge in [-0.05, 0) is 73.7 Å². The Hall–Kier alpha value is -2.84. The lowest BCUT2D eigenvalue weighted by atomic mass is 10.1. The van der Waals surface area contributed by atoms with E-state index in [1.165, 1.54) is 0 Å². The Morgan fingerprint density at radius 2 is 1.81 bits per heavy atom. The van der Waals surface area contributed by atoms with Crippen molar-refractivity contribution in [3.8, 4) is 17.0 Å². The number of aryl methyl sites for hydroxylation is 2. The molecule has 2 aromatic carbocycles. The number of benzene rings is 2. The molecule has 3 rings (SSSR count). The van der Waals surface area contributed by atoms with Crippen molar-refractivity contribution >= 4 is 33.3 Å². The summed E-state index contributed by atoms with van der Waals surface area (Å²) in [6.07, 6.45) is 2.66. The Kier molecular flexibility index (Phi) is 7.70. The molecule has 2 amide bonds. The Bertz CT molecular complexity index is 1010. The van der Waals surface area contributed by atoms with Gasteiger partial charge in [0, 0.05) is 30.5 Å². The van der Waals surface area contributed by atoms with Crippen molar-refractivity contribution in [2.24, 2.45) is 7.05 Å². The molecule has 0 bridgehead atoms. The lowest BCUT2D eigenvalue weighted by Gasteiger charge is -2.16. The third-order valence-electron chi connectivity index (χ3n) is 4.70. The average Bonchev–Trinajstić information content (AvgIpc) is 3.05. The predicted molar refractivity (Wildman–Crippen MR) is 129 cm³/mol. The van der Waals surface area contributed by atoms with Crippen molar-refractivity contribution in [1.82, 2.24) is 14.7 Å². The maximum absolute atomic E-state index is 12.5. The number of hydrogen-bond acceptors (Lipinski definition) is 4. The van der Waals surface area contributed by atoms with Gasteiger partial charge >= 0.3 is 6.03 Å². The van der Waals surface area contributed by atoms with Crippen LogP contribution < -0.4 is 15.4 Å². The smallest absolute Gasteiger partial charge is 0.323 e. The highest BCUT2D eigenvalue weighted by Crippen LogP contribution is 2.36. The topological polar surface area (TPSA) is 71.4 Å². The molecule has 31 heavy (non-hydrogen) atoms. The van der Waals surface area contributed by atoms with Gasteiger partial charge in [-0.3, -0.25) is 4.68 Å². The molecule has 0 radical (unpaired) electrons. The fraction of sp³-hybridized carbons (Fsp3) is 0.304. The zero-order valence-electron chi connectivity index (χ0n) is 18.3. The quantitative estimate of drug-likeness (QED) is 0.433. The number of nitrogens with one attached hydrogen (secondary N) is 2. The number of carbonyl (C=O) groups is 1. The molecule has 0 saturated heterocycles. The maximum atomic E-state index is 12.5. The van der Waals surface area contributed by atoms with Crippen LogP contribution in [0, 0.1) is 6.92 Å².